The van der Waals surface area contributed by atoms with Gasteiger partial charge in [-0.2, -0.15) is 0 Å². The molecule has 4 aromatic rings. The van der Waals surface area contributed by atoms with E-state index in [2.05, 4.69) is 45.6 Å². The van der Waals surface area contributed by atoms with Gasteiger partial charge in [-0.05, 0) is 99.2 Å². The first-order chi connectivity index (χ1) is 27.3. The van der Waals surface area contributed by atoms with Gasteiger partial charge < -0.3 is 39.1 Å². The van der Waals surface area contributed by atoms with Crippen molar-refractivity contribution in [3.05, 3.63) is 65.0 Å². The van der Waals surface area contributed by atoms with E-state index in [0.29, 0.717) is 26.3 Å². The molecule has 3 amide bonds. The monoisotopic (exact) mass is 779 g/mol. The normalized spacial score (nSPS) is 20.3. The minimum Gasteiger partial charge on any atom is -0.488 e. The summed E-state index contributed by atoms with van der Waals surface area (Å²) in [6, 6.07) is 9.66. The highest BCUT2D eigenvalue weighted by molar-refractivity contribution is 5.87. The topological polar surface area (TPSA) is 164 Å². The summed E-state index contributed by atoms with van der Waals surface area (Å²) in [7, 11) is 2.98. The van der Waals surface area contributed by atoms with Gasteiger partial charge in [-0.3, -0.25) is 9.69 Å². The molecule has 3 N–H and O–H groups in total. The molecule has 2 saturated heterocycles. The van der Waals surface area contributed by atoms with Crippen molar-refractivity contribution < 1.29 is 33.3 Å². The van der Waals surface area contributed by atoms with Crippen molar-refractivity contribution in [2.24, 2.45) is 11.8 Å². The fourth-order valence-electron chi connectivity index (χ4n) is 8.84. The van der Waals surface area contributed by atoms with Crippen LogP contribution in [0, 0.1) is 11.8 Å². The lowest BCUT2D eigenvalue weighted by atomic mass is 9.86. The maximum atomic E-state index is 13.8. The average Bonchev–Trinajstić information content (AvgIpc) is 4.01. The highest BCUT2D eigenvalue weighted by Crippen LogP contribution is 2.46. The van der Waals surface area contributed by atoms with Crippen LogP contribution in [0.3, 0.4) is 0 Å². The number of nitrogens with zero attached hydrogens (tertiary/aromatic N) is 4. The Labute approximate surface area is 333 Å². The number of aromatic amines is 2. The molecule has 3 aliphatic heterocycles. The van der Waals surface area contributed by atoms with Crippen LogP contribution in [0.25, 0.3) is 33.6 Å². The van der Waals surface area contributed by atoms with E-state index in [4.69, 9.17) is 28.9 Å². The number of alkyl carbamates (subject to hydrolysis) is 1. The molecule has 8 rings (SSSR count). The number of aryl methyl sites for hydroxylation is 2. The van der Waals surface area contributed by atoms with Gasteiger partial charge in [0.1, 0.15) is 35.6 Å². The number of carbonyl (C=O) groups is 3. The highest BCUT2D eigenvalue weighted by atomic mass is 16.6. The zero-order chi connectivity index (χ0) is 40.2. The zero-order valence-electron chi connectivity index (χ0n) is 33.9. The van der Waals surface area contributed by atoms with Crippen molar-refractivity contribution in [2.45, 2.75) is 97.1 Å². The molecular weight excluding hydrogens is 727 g/mol. The number of benzene rings is 2. The van der Waals surface area contributed by atoms with Gasteiger partial charge >= 0.3 is 12.2 Å². The van der Waals surface area contributed by atoms with E-state index >= 15 is 0 Å². The second-order valence-corrected chi connectivity index (χ2v) is 17.0. The summed E-state index contributed by atoms with van der Waals surface area (Å²) in [5.74, 6) is 2.28. The molecule has 14 heteroatoms. The SMILES string of the molecule is COC[C@H]1C[C@@H](c2ncc(-c3ccc4c(c3)COc3cc5c(cc3-4)CCc3nc([C@@H]4CCCN4C(=O)C(NC(=O)OC)C(C)C)[nH]c3-5)[nH]2)N(C(=O)OC(C)(C)C)C1. The summed E-state index contributed by atoms with van der Waals surface area (Å²) in [6.07, 6.45) is 4.86. The highest BCUT2D eigenvalue weighted by Gasteiger charge is 2.41. The predicted octanol–water partition coefficient (Wildman–Crippen LogP) is 7.11. The third-order valence-electron chi connectivity index (χ3n) is 11.6. The minimum atomic E-state index is -0.689. The van der Waals surface area contributed by atoms with Gasteiger partial charge in [0.15, 0.2) is 0 Å². The summed E-state index contributed by atoms with van der Waals surface area (Å²) in [6.45, 7) is 11.6. The molecule has 1 unspecified atom stereocenters. The molecule has 0 radical (unpaired) electrons. The van der Waals surface area contributed by atoms with Gasteiger partial charge in [0.25, 0.3) is 0 Å². The Kier molecular flexibility index (Phi) is 10.3. The van der Waals surface area contributed by atoms with Crippen molar-refractivity contribution in [2.75, 3.05) is 33.9 Å². The summed E-state index contributed by atoms with van der Waals surface area (Å²) >= 11 is 0. The number of nitrogens with one attached hydrogen (secondary N) is 3. The Morgan fingerprint density at radius 2 is 1.81 bits per heavy atom. The number of fused-ring (bicyclic) bond motifs is 6. The molecule has 57 heavy (non-hydrogen) atoms. The summed E-state index contributed by atoms with van der Waals surface area (Å²) in [5.41, 5.74) is 8.78. The quantitative estimate of drug-likeness (QED) is 0.169. The number of likely N-dealkylation sites (tertiary alicyclic amines) is 2. The maximum absolute atomic E-state index is 13.8. The molecule has 14 nitrogen and oxygen atoms in total. The number of hydrogen-bond acceptors (Lipinski definition) is 9. The minimum absolute atomic E-state index is 0.106. The number of aromatic nitrogens is 4. The molecule has 302 valence electrons. The Morgan fingerprint density at radius 1 is 0.982 bits per heavy atom. The summed E-state index contributed by atoms with van der Waals surface area (Å²) in [5, 5.41) is 2.73. The van der Waals surface area contributed by atoms with E-state index in [0.717, 1.165) is 94.4 Å². The number of methoxy groups -OCH3 is 2. The van der Waals surface area contributed by atoms with Gasteiger partial charge in [-0.1, -0.05) is 26.0 Å². The Hall–Kier alpha value is -5.37. The predicted molar refractivity (Wildman–Crippen MR) is 212 cm³/mol. The molecule has 0 saturated carbocycles. The van der Waals surface area contributed by atoms with Gasteiger partial charge in [0.2, 0.25) is 5.91 Å². The zero-order valence-corrected chi connectivity index (χ0v) is 33.9. The van der Waals surface area contributed by atoms with Crippen molar-refractivity contribution >= 4 is 18.1 Å². The fourth-order valence-corrected chi connectivity index (χ4v) is 8.84. The molecule has 2 fully saturated rings. The van der Waals surface area contributed by atoms with Crippen LogP contribution in [0.15, 0.2) is 36.5 Å². The number of ether oxygens (including phenoxy) is 4. The molecule has 4 atom stereocenters. The van der Waals surface area contributed by atoms with E-state index < -0.39 is 17.7 Å². The van der Waals surface area contributed by atoms with Crippen molar-refractivity contribution in [3.8, 4) is 39.4 Å². The largest absolute Gasteiger partial charge is 0.488 e. The van der Waals surface area contributed by atoms with Crippen LogP contribution in [-0.2, 0) is 38.5 Å². The van der Waals surface area contributed by atoms with Crippen molar-refractivity contribution in [1.82, 2.24) is 35.1 Å². The fraction of sp³-hybridized carbons (Fsp3) is 0.512. The molecule has 0 bridgehead atoms. The van der Waals surface area contributed by atoms with Gasteiger partial charge in [0, 0.05) is 37.2 Å². The summed E-state index contributed by atoms with van der Waals surface area (Å²) in [4.78, 5) is 59.6. The molecule has 2 aromatic carbocycles. The lowest BCUT2D eigenvalue weighted by Gasteiger charge is -2.30. The Morgan fingerprint density at radius 3 is 2.56 bits per heavy atom. The van der Waals surface area contributed by atoms with Gasteiger partial charge in [-0.15, -0.1) is 0 Å². The number of amides is 3. The van der Waals surface area contributed by atoms with Crippen molar-refractivity contribution in [3.63, 3.8) is 0 Å². The lowest BCUT2D eigenvalue weighted by molar-refractivity contribution is -0.135. The first kappa shape index (κ1) is 38.5. The van der Waals surface area contributed by atoms with E-state index in [1.807, 2.05) is 45.7 Å². The number of rotatable bonds is 8. The molecule has 1 aliphatic carbocycles. The molecule has 2 aromatic heterocycles. The second kappa shape index (κ2) is 15.2. The number of imidazole rings is 2. The van der Waals surface area contributed by atoms with E-state index in [9.17, 15) is 14.4 Å². The molecular formula is C43H53N7O7. The van der Waals surface area contributed by atoms with Crippen LogP contribution in [0.4, 0.5) is 9.59 Å². The van der Waals surface area contributed by atoms with E-state index in [-0.39, 0.29) is 35.9 Å². The van der Waals surface area contributed by atoms with Crippen LogP contribution < -0.4 is 10.1 Å². The molecule has 5 heterocycles. The first-order valence-corrected chi connectivity index (χ1v) is 20.0. The Bertz CT molecular complexity index is 2190. The van der Waals surface area contributed by atoms with Crippen LogP contribution in [0.1, 0.15) is 94.4 Å². The number of carbonyl (C=O) groups excluding carboxylic acids is 3. The average molecular weight is 780 g/mol. The van der Waals surface area contributed by atoms with Crippen LogP contribution in [0.2, 0.25) is 0 Å². The molecule has 4 aliphatic rings. The standard InChI is InChI=1S/C43H53N7O7/c1-23(2)36(48-41(52)55-7)40(51)49-14-8-9-33(49)39-45-31-13-11-25-17-30-28-12-10-26(16-27(28)22-56-35(30)18-29(25)37(31)47-39)32-19-44-38(46-32)34-15-24(21-54-6)20-50(34)42(53)57-43(3,4)5/h10,12,16-19,23-24,33-34,36H,8-9,11,13-15,20-22H2,1-7H3,(H,44,46)(H,45,47)(H,48,52)/t24-,33-,34-,36?/m0/s1. The van der Waals surface area contributed by atoms with Crippen LogP contribution >= 0.6 is 0 Å². The number of H-pyrrole nitrogens is 2. The van der Waals surface area contributed by atoms with Crippen LogP contribution in [0.5, 0.6) is 5.75 Å². The van der Waals surface area contributed by atoms with Gasteiger partial charge in [-0.25, -0.2) is 19.6 Å². The van der Waals surface area contributed by atoms with E-state index in [1.165, 1.54) is 12.7 Å². The Balaban J connectivity index is 1.02. The third-order valence-corrected chi connectivity index (χ3v) is 11.6. The first-order valence-electron chi connectivity index (χ1n) is 20.0. The second-order valence-electron chi connectivity index (χ2n) is 17.0. The van der Waals surface area contributed by atoms with Gasteiger partial charge in [0.05, 0.1) is 49.1 Å². The van der Waals surface area contributed by atoms with Crippen LogP contribution in [-0.4, -0.2) is 93.4 Å². The van der Waals surface area contributed by atoms with E-state index in [1.54, 1.807) is 12.0 Å². The molecule has 0 spiro atoms. The summed E-state index contributed by atoms with van der Waals surface area (Å²) < 4.78 is 22.4. The smallest absolute Gasteiger partial charge is 0.410 e. The number of hydrogen-bond donors (Lipinski definition) is 3. The van der Waals surface area contributed by atoms with Crippen molar-refractivity contribution in [1.29, 1.82) is 0 Å². The third kappa shape index (κ3) is 7.47. The maximum Gasteiger partial charge on any atom is 0.410 e. The lowest BCUT2D eigenvalue weighted by Crippen LogP contribution is -2.51.